The fourth-order valence-electron chi connectivity index (χ4n) is 4.15. The normalized spacial score (nSPS) is 14.5. The van der Waals surface area contributed by atoms with Crippen LogP contribution in [0.5, 0.6) is 5.75 Å². The van der Waals surface area contributed by atoms with Crippen LogP contribution in [-0.4, -0.2) is 29.0 Å². The van der Waals surface area contributed by atoms with Gasteiger partial charge in [0.25, 0.3) is 0 Å². The van der Waals surface area contributed by atoms with Crippen molar-refractivity contribution in [2.24, 2.45) is 5.92 Å². The van der Waals surface area contributed by atoms with Gasteiger partial charge in [-0.15, -0.1) is 0 Å². The molecule has 1 aliphatic heterocycles. The van der Waals surface area contributed by atoms with Gasteiger partial charge in [0, 0.05) is 17.0 Å². The Bertz CT molecular complexity index is 1010. The molecule has 0 bridgehead atoms. The fourth-order valence-corrected chi connectivity index (χ4v) is 4.93. The zero-order valence-electron chi connectivity index (χ0n) is 20.9. The van der Waals surface area contributed by atoms with Gasteiger partial charge in [-0.1, -0.05) is 31.9 Å². The number of carbonyl (C=O) groups is 1. The standard InChI is InChI=1S/C27H37NO4S/c1-16(2)15-33-28-21-13-17(3)23(20-10-11-22-19(14-20)9-8-12-31-22)24(18(21)4)25(26(29)30)32-27(5,6)7/h10-11,13-14,16,25,28H,8-9,12,15H2,1-7H3,(H,29,30). The maximum absolute atomic E-state index is 12.5. The molecular formula is C27H37NO4S. The van der Waals surface area contributed by atoms with Crippen LogP contribution in [-0.2, 0) is 16.0 Å². The van der Waals surface area contributed by atoms with Crippen LogP contribution in [0.4, 0.5) is 5.69 Å². The lowest BCUT2D eigenvalue weighted by molar-refractivity contribution is -0.160. The molecule has 2 aromatic carbocycles. The third-order valence-corrected chi connectivity index (χ3v) is 6.78. The van der Waals surface area contributed by atoms with E-state index in [4.69, 9.17) is 9.47 Å². The van der Waals surface area contributed by atoms with Gasteiger partial charge in [0.2, 0.25) is 0 Å². The first-order valence-corrected chi connectivity index (χ1v) is 12.6. The zero-order chi connectivity index (χ0) is 24.3. The smallest absolute Gasteiger partial charge is 0.337 e. The average Bonchev–Trinajstić information content (AvgIpc) is 2.72. The Kier molecular flexibility index (Phi) is 8.01. The minimum absolute atomic E-state index is 0.552. The van der Waals surface area contributed by atoms with Crippen LogP contribution in [0.25, 0.3) is 11.1 Å². The molecule has 0 saturated carbocycles. The van der Waals surface area contributed by atoms with Crippen LogP contribution < -0.4 is 9.46 Å². The number of hydrogen-bond acceptors (Lipinski definition) is 5. The molecule has 0 radical (unpaired) electrons. The lowest BCUT2D eigenvalue weighted by Crippen LogP contribution is -2.28. The van der Waals surface area contributed by atoms with Crippen LogP contribution in [0.15, 0.2) is 24.3 Å². The van der Waals surface area contributed by atoms with E-state index in [-0.39, 0.29) is 0 Å². The van der Waals surface area contributed by atoms with Gasteiger partial charge in [0.05, 0.1) is 12.2 Å². The van der Waals surface area contributed by atoms with Crippen molar-refractivity contribution >= 4 is 23.6 Å². The van der Waals surface area contributed by atoms with Crippen molar-refractivity contribution in [3.8, 4) is 16.9 Å². The van der Waals surface area contributed by atoms with Crippen molar-refractivity contribution in [3.05, 3.63) is 46.5 Å². The highest BCUT2D eigenvalue weighted by Crippen LogP contribution is 2.42. The van der Waals surface area contributed by atoms with Crippen LogP contribution >= 0.6 is 11.9 Å². The summed E-state index contributed by atoms with van der Waals surface area (Å²) in [4.78, 5) is 12.5. The van der Waals surface area contributed by atoms with Gasteiger partial charge >= 0.3 is 5.97 Å². The molecule has 6 heteroatoms. The van der Waals surface area contributed by atoms with E-state index in [1.54, 1.807) is 11.9 Å². The Hall–Kier alpha value is -2.18. The number of nitrogens with one attached hydrogen (secondary N) is 1. The summed E-state index contributed by atoms with van der Waals surface area (Å²) >= 11 is 1.64. The molecule has 1 heterocycles. The maximum Gasteiger partial charge on any atom is 0.337 e. The SMILES string of the molecule is Cc1cc(NSCC(C)C)c(C)c(C(OC(C)(C)C)C(=O)O)c1-c1ccc2c(c1)CCCO2. The summed E-state index contributed by atoms with van der Waals surface area (Å²) in [5.41, 5.74) is 6.04. The first kappa shape index (κ1) is 25.4. The number of aliphatic carboxylic acids is 1. The minimum Gasteiger partial charge on any atom is -0.493 e. The molecule has 2 N–H and O–H groups in total. The summed E-state index contributed by atoms with van der Waals surface area (Å²) < 4.78 is 15.4. The topological polar surface area (TPSA) is 67.8 Å². The highest BCUT2D eigenvalue weighted by Gasteiger charge is 2.32. The van der Waals surface area contributed by atoms with Gasteiger partial charge in [0.15, 0.2) is 6.10 Å². The van der Waals surface area contributed by atoms with E-state index in [9.17, 15) is 9.90 Å². The van der Waals surface area contributed by atoms with E-state index in [1.807, 2.05) is 46.8 Å². The van der Waals surface area contributed by atoms with E-state index in [0.717, 1.165) is 58.9 Å². The average molecular weight is 472 g/mol. The molecule has 0 aromatic heterocycles. The Balaban J connectivity index is 2.18. The molecule has 0 amide bonds. The number of rotatable bonds is 8. The summed E-state index contributed by atoms with van der Waals surface area (Å²) in [5, 5.41) is 10.2. The Labute approximate surface area is 202 Å². The maximum atomic E-state index is 12.5. The molecule has 0 fully saturated rings. The number of fused-ring (bicyclic) bond motifs is 1. The highest BCUT2D eigenvalue weighted by atomic mass is 32.2. The zero-order valence-corrected chi connectivity index (χ0v) is 21.7. The van der Waals surface area contributed by atoms with Gasteiger partial charge in [-0.2, -0.15) is 0 Å². The van der Waals surface area contributed by atoms with Crippen molar-refractivity contribution in [1.82, 2.24) is 0 Å². The van der Waals surface area contributed by atoms with Crippen LogP contribution in [0.2, 0.25) is 0 Å². The molecule has 5 nitrogen and oxygen atoms in total. The lowest BCUT2D eigenvalue weighted by atomic mass is 9.86. The summed E-state index contributed by atoms with van der Waals surface area (Å²) in [6.07, 6.45) is 0.869. The number of carboxylic acids is 1. The largest absolute Gasteiger partial charge is 0.493 e. The Morgan fingerprint density at radius 1 is 1.24 bits per heavy atom. The highest BCUT2D eigenvalue weighted by molar-refractivity contribution is 8.00. The second-order valence-electron chi connectivity index (χ2n) is 10.2. The Morgan fingerprint density at radius 2 is 1.97 bits per heavy atom. The summed E-state index contributed by atoms with van der Waals surface area (Å²) in [6, 6.07) is 8.31. The van der Waals surface area contributed by atoms with Crippen molar-refractivity contribution in [2.45, 2.75) is 73.0 Å². The van der Waals surface area contributed by atoms with Crippen LogP contribution in [0, 0.1) is 19.8 Å². The third kappa shape index (κ3) is 6.24. The molecule has 180 valence electrons. The summed E-state index contributed by atoms with van der Waals surface area (Å²) in [6.45, 7) is 14.8. The molecule has 0 saturated heterocycles. The quantitative estimate of drug-likeness (QED) is 0.406. The van der Waals surface area contributed by atoms with E-state index in [1.165, 1.54) is 5.56 Å². The summed E-state index contributed by atoms with van der Waals surface area (Å²) in [5.74, 6) is 1.45. The predicted molar refractivity (Wildman–Crippen MR) is 137 cm³/mol. The van der Waals surface area contributed by atoms with Crippen molar-refractivity contribution in [2.75, 3.05) is 17.1 Å². The third-order valence-electron chi connectivity index (χ3n) is 5.59. The van der Waals surface area contributed by atoms with Gasteiger partial charge < -0.3 is 19.3 Å². The second-order valence-corrected chi connectivity index (χ2v) is 11.0. The fraction of sp³-hybridized carbons (Fsp3) is 0.519. The van der Waals surface area contributed by atoms with Crippen LogP contribution in [0.3, 0.4) is 0 Å². The van der Waals surface area contributed by atoms with E-state index in [0.29, 0.717) is 11.5 Å². The molecule has 1 atom stereocenters. The molecule has 0 spiro atoms. The first-order chi connectivity index (χ1) is 15.5. The van der Waals surface area contributed by atoms with Crippen molar-refractivity contribution in [1.29, 1.82) is 0 Å². The van der Waals surface area contributed by atoms with Gasteiger partial charge in [-0.25, -0.2) is 4.79 Å². The molecule has 3 rings (SSSR count). The second kappa shape index (κ2) is 10.4. The number of aryl methyl sites for hydroxylation is 2. The van der Waals surface area contributed by atoms with Gasteiger partial charge in [-0.3, -0.25) is 0 Å². The van der Waals surface area contributed by atoms with Crippen molar-refractivity contribution in [3.63, 3.8) is 0 Å². The number of carboxylic acid groups (broad SMARTS) is 1. The van der Waals surface area contributed by atoms with Gasteiger partial charge in [-0.05, 0) is 99.4 Å². The van der Waals surface area contributed by atoms with Crippen molar-refractivity contribution < 1.29 is 19.4 Å². The summed E-state index contributed by atoms with van der Waals surface area (Å²) in [7, 11) is 0. The minimum atomic E-state index is -1.08. The number of ether oxygens (including phenoxy) is 2. The van der Waals surface area contributed by atoms with E-state index in [2.05, 4.69) is 30.7 Å². The monoisotopic (exact) mass is 471 g/mol. The van der Waals surface area contributed by atoms with E-state index >= 15 is 0 Å². The molecule has 1 unspecified atom stereocenters. The predicted octanol–water partition coefficient (Wildman–Crippen LogP) is 6.95. The molecule has 33 heavy (non-hydrogen) atoms. The molecule has 1 aliphatic rings. The number of benzene rings is 2. The molecule has 2 aromatic rings. The number of anilines is 1. The molecular weight excluding hydrogens is 434 g/mol. The lowest BCUT2D eigenvalue weighted by Gasteiger charge is -2.30. The van der Waals surface area contributed by atoms with E-state index < -0.39 is 17.7 Å². The number of hydrogen-bond donors (Lipinski definition) is 2. The Morgan fingerprint density at radius 3 is 2.61 bits per heavy atom. The first-order valence-electron chi connectivity index (χ1n) is 11.7. The van der Waals surface area contributed by atoms with Gasteiger partial charge in [0.1, 0.15) is 5.75 Å². The molecule has 0 aliphatic carbocycles. The van der Waals surface area contributed by atoms with Crippen LogP contribution in [0.1, 0.15) is 69.4 Å².